The van der Waals surface area contributed by atoms with Crippen LogP contribution < -0.4 is 18.6 Å². The van der Waals surface area contributed by atoms with Crippen LogP contribution in [0.1, 0.15) is 0 Å². The summed E-state index contributed by atoms with van der Waals surface area (Å²) in [6.07, 6.45) is 14.1. The number of rotatable bonds is 9. The second-order valence-corrected chi connectivity index (χ2v) is 14.8. The van der Waals surface area contributed by atoms with Gasteiger partial charge in [0.1, 0.15) is 0 Å². The van der Waals surface area contributed by atoms with Gasteiger partial charge in [0.2, 0.25) is 0 Å². The predicted octanol–water partition coefficient (Wildman–Crippen LogP) is 10.1. The largest absolute Gasteiger partial charge is 0.511 e. The van der Waals surface area contributed by atoms with Gasteiger partial charge in [-0.3, -0.25) is 19.1 Å². The van der Waals surface area contributed by atoms with Gasteiger partial charge >= 0.3 is 0 Å². The number of imidazole rings is 2. The Kier molecular flexibility index (Phi) is 11.6. The number of hydrogen-bond acceptors (Lipinski definition) is 6. The molecular weight excluding hydrogens is 1180 g/mol. The van der Waals surface area contributed by atoms with Crippen LogP contribution in [0, 0.1) is 36.9 Å². The van der Waals surface area contributed by atoms with Gasteiger partial charge in [-0.2, -0.15) is 36.4 Å². The van der Waals surface area contributed by atoms with Crippen LogP contribution in [0.15, 0.2) is 183 Å². The normalized spacial score (nSPS) is 11.1. The molecule has 6 heterocycles. The molecule has 6 aromatic carbocycles. The molecule has 0 N–H and O–H groups in total. The van der Waals surface area contributed by atoms with E-state index in [2.05, 4.69) is 102 Å². The van der Waals surface area contributed by atoms with Gasteiger partial charge in [-0.05, 0) is 48.0 Å². The number of ether oxygens (including phenoxy) is 2. The van der Waals surface area contributed by atoms with E-state index in [1.54, 1.807) is 24.5 Å². The van der Waals surface area contributed by atoms with Gasteiger partial charge in [-0.15, -0.1) is 47.8 Å². The number of benzene rings is 6. The molecule has 0 atom stereocenters. The minimum atomic E-state index is 0. The summed E-state index contributed by atoms with van der Waals surface area (Å²) in [5.74, 6) is 1.87. The van der Waals surface area contributed by atoms with E-state index >= 15 is 0 Å². The average molecular weight is 1210 g/mol. The van der Waals surface area contributed by atoms with Crippen molar-refractivity contribution in [3.05, 3.63) is 219 Å². The van der Waals surface area contributed by atoms with E-state index < -0.39 is 0 Å². The Hall–Kier alpha value is -7.64. The Morgan fingerprint density at radius 1 is 0.379 bits per heavy atom. The molecule has 0 unspecified atom stereocenters. The Morgan fingerprint density at radius 3 is 1.27 bits per heavy atom. The van der Waals surface area contributed by atoms with Gasteiger partial charge in [0, 0.05) is 88.3 Å². The molecule has 0 aliphatic heterocycles. The van der Waals surface area contributed by atoms with Gasteiger partial charge in [-0.25, -0.2) is 0 Å². The van der Waals surface area contributed by atoms with Crippen molar-refractivity contribution in [1.29, 1.82) is 0 Å². The fraction of sp³-hybridized carbons (Fsp3) is 0. The van der Waals surface area contributed by atoms with Gasteiger partial charge < -0.3 is 28.6 Å². The van der Waals surface area contributed by atoms with Crippen molar-refractivity contribution in [3.63, 3.8) is 0 Å². The van der Waals surface area contributed by atoms with Crippen molar-refractivity contribution in [3.8, 4) is 57.1 Å². The van der Waals surface area contributed by atoms with Gasteiger partial charge in [0.15, 0.2) is 0 Å². The van der Waals surface area contributed by atoms with Crippen LogP contribution >= 0.6 is 0 Å². The zero-order valence-corrected chi connectivity index (χ0v) is 38.9. The van der Waals surface area contributed by atoms with Crippen LogP contribution in [0.2, 0.25) is 0 Å². The molecule has 12 aromatic rings. The van der Waals surface area contributed by atoms with Crippen LogP contribution in [0.5, 0.6) is 23.0 Å². The summed E-state index contributed by atoms with van der Waals surface area (Å²) in [7, 11) is 0. The Balaban J connectivity index is 0.00000256. The van der Waals surface area contributed by atoms with Crippen LogP contribution in [-0.4, -0.2) is 29.1 Å². The number of aromatic nitrogens is 8. The third kappa shape index (κ3) is 7.85. The van der Waals surface area contributed by atoms with E-state index in [4.69, 9.17) is 9.47 Å². The van der Waals surface area contributed by atoms with Gasteiger partial charge in [0.25, 0.3) is 12.7 Å². The molecule has 0 radical (unpaired) electrons. The van der Waals surface area contributed by atoms with Crippen LogP contribution in [-0.2, 0) is 42.1 Å². The zero-order chi connectivity index (χ0) is 42.4. The summed E-state index contributed by atoms with van der Waals surface area (Å²) in [6, 6.07) is 64.9. The summed E-state index contributed by atoms with van der Waals surface area (Å²) in [5, 5.41) is 2.06. The Bertz CT molecular complexity index is 3490. The van der Waals surface area contributed by atoms with Crippen LogP contribution in [0.4, 0.5) is 0 Å². The monoisotopic (exact) mass is 1210 g/mol. The van der Waals surface area contributed by atoms with E-state index in [1.165, 1.54) is 0 Å². The fourth-order valence-electron chi connectivity index (χ4n) is 7.98. The van der Waals surface area contributed by atoms with Gasteiger partial charge in [0.05, 0.1) is 44.5 Å². The molecule has 12 rings (SSSR count). The Morgan fingerprint density at radius 2 is 0.788 bits per heavy atom. The maximum absolute atomic E-state index is 6.35. The second-order valence-electron chi connectivity index (χ2n) is 14.8. The van der Waals surface area contributed by atoms with Crippen molar-refractivity contribution in [2.45, 2.75) is 0 Å². The smallest absolute Gasteiger partial charge is 0.268 e. The van der Waals surface area contributed by atoms with Crippen LogP contribution in [0.25, 0.3) is 78.0 Å². The number of pyridine rings is 4. The van der Waals surface area contributed by atoms with E-state index in [-0.39, 0.29) is 42.1 Å². The average Bonchev–Trinajstić information content (AvgIpc) is 3.94. The molecule has 66 heavy (non-hydrogen) atoms. The number of nitrogens with zero attached hydrogens (tertiary/aromatic N) is 8. The topological polar surface area (TPSA) is 87.6 Å². The molecular formula is C54H30N8O2Pt2-4. The standard InChI is InChI=1S/C54H30N8O2.2Pt/c1-3-17-45-43(15-1)49(25-29-55-45)61-35-59(51-19-5-7-21-53(51)61)37-11-9-13-39(31-37)63-41-23-27-57-47(33-41)48-34-42(24-28-58-48)64-40-14-10-12-38(32-40)60-36-62(54-22-8-6-20-52(54)60)50-26-30-56-46-18-4-2-16-44(46)50;;/h1-30H;;/q-4;;. The van der Waals surface area contributed by atoms with E-state index in [0.29, 0.717) is 34.4 Å². The molecule has 0 aliphatic carbocycles. The third-order valence-electron chi connectivity index (χ3n) is 10.9. The van der Waals surface area contributed by atoms with Gasteiger partial charge in [-0.1, -0.05) is 84.9 Å². The number of fused-ring (bicyclic) bond motifs is 4. The summed E-state index contributed by atoms with van der Waals surface area (Å²) >= 11 is 0. The maximum Gasteiger partial charge on any atom is 0.268 e. The summed E-state index contributed by atoms with van der Waals surface area (Å²) in [5.41, 5.74) is 10.1. The molecule has 0 fully saturated rings. The minimum absolute atomic E-state index is 0. The molecule has 0 spiro atoms. The first-order valence-electron chi connectivity index (χ1n) is 20.5. The van der Waals surface area contributed by atoms with E-state index in [9.17, 15) is 0 Å². The number of hydrogen-bond donors (Lipinski definition) is 0. The predicted molar refractivity (Wildman–Crippen MR) is 241 cm³/mol. The first kappa shape index (κ1) is 42.3. The molecule has 0 saturated carbocycles. The molecule has 0 saturated heterocycles. The fourth-order valence-corrected chi connectivity index (χ4v) is 7.98. The van der Waals surface area contributed by atoms with Crippen molar-refractivity contribution in [2.24, 2.45) is 0 Å². The van der Waals surface area contributed by atoms with E-state index in [1.807, 2.05) is 131 Å². The third-order valence-corrected chi connectivity index (χ3v) is 10.9. The van der Waals surface area contributed by atoms with Crippen molar-refractivity contribution in [1.82, 2.24) is 29.1 Å². The van der Waals surface area contributed by atoms with E-state index in [0.717, 1.165) is 66.6 Å². The summed E-state index contributed by atoms with van der Waals surface area (Å²) in [6.45, 7) is 0. The minimum Gasteiger partial charge on any atom is -0.511 e. The molecule has 322 valence electrons. The molecule has 12 heteroatoms. The molecule has 0 amide bonds. The van der Waals surface area contributed by atoms with Crippen molar-refractivity contribution >= 4 is 43.9 Å². The second kappa shape index (κ2) is 18.1. The molecule has 0 bridgehead atoms. The summed E-state index contributed by atoms with van der Waals surface area (Å²) in [4.78, 5) is 18.2. The summed E-state index contributed by atoms with van der Waals surface area (Å²) < 4.78 is 20.8. The zero-order valence-electron chi connectivity index (χ0n) is 34.3. The molecule has 0 aliphatic rings. The van der Waals surface area contributed by atoms with Crippen LogP contribution in [0.3, 0.4) is 0 Å². The maximum atomic E-state index is 6.35. The molecule has 6 aromatic heterocycles. The van der Waals surface area contributed by atoms with Crippen molar-refractivity contribution in [2.75, 3.05) is 0 Å². The SMILES string of the molecule is [Pt].[Pt].[c-]1c(Oc2[c-]c(-c3[c-]c(Oc4[c-]c(-[n+]5[c-]n(-c6ccnc7ccccc67)c6ccccc65)ccc4)ccn3)ncc2)cccc1-[n+]1[c-]n(-c2ccnc3ccccc23)c2ccccc21. The Labute approximate surface area is 407 Å². The van der Waals surface area contributed by atoms with Crippen molar-refractivity contribution < 1.29 is 60.7 Å². The first-order valence-corrected chi connectivity index (χ1v) is 20.5. The first-order chi connectivity index (χ1) is 31.7. The number of para-hydroxylation sites is 6. The quantitative estimate of drug-likeness (QED) is 0.106. The molecule has 10 nitrogen and oxygen atoms in total.